The zero-order chi connectivity index (χ0) is 18.7. The van der Waals surface area contributed by atoms with Crippen LogP contribution in [-0.2, 0) is 0 Å². The van der Waals surface area contributed by atoms with Gasteiger partial charge in [0.2, 0.25) is 0 Å². The molecule has 1 heterocycles. The highest BCUT2D eigenvalue weighted by molar-refractivity contribution is 6.08. The lowest BCUT2D eigenvalue weighted by atomic mass is 10.1. The second-order valence-electron chi connectivity index (χ2n) is 5.60. The summed E-state index contributed by atoms with van der Waals surface area (Å²) in [7, 11) is 0. The lowest BCUT2D eigenvalue weighted by Gasteiger charge is -2.11. The molecule has 3 aromatic rings. The van der Waals surface area contributed by atoms with Gasteiger partial charge >= 0.3 is 6.03 Å². The van der Waals surface area contributed by atoms with Crippen LogP contribution in [-0.4, -0.2) is 16.5 Å². The number of aryl methyl sites for hydroxylation is 1. The molecule has 3 rings (SSSR count). The molecule has 0 radical (unpaired) electrons. The van der Waals surface area contributed by atoms with Crippen LogP contribution in [0.3, 0.4) is 0 Å². The fourth-order valence-electron chi connectivity index (χ4n) is 2.56. The average molecular weight is 355 g/mol. The molecule has 0 atom stereocenters. The molecule has 5 nitrogen and oxygen atoms in total. The number of halogens is 2. The maximum absolute atomic E-state index is 13.6. The Morgan fingerprint density at radius 3 is 2.23 bits per heavy atom. The topological polar surface area (TPSA) is 63.1 Å². The molecular weight excluding hydrogens is 340 g/mol. The van der Waals surface area contributed by atoms with Crippen molar-refractivity contribution in [1.82, 2.24) is 9.88 Å². The molecule has 0 unspecified atom stereocenters. The first kappa shape index (κ1) is 17.3. The Balaban J connectivity index is 1.70. The zero-order valence-corrected chi connectivity index (χ0v) is 13.8. The lowest BCUT2D eigenvalue weighted by molar-refractivity contribution is 0.0959. The van der Waals surface area contributed by atoms with Crippen LogP contribution >= 0.6 is 0 Å². The van der Waals surface area contributed by atoms with E-state index in [1.807, 2.05) is 47.4 Å². The normalized spacial score (nSPS) is 10.4. The molecule has 0 aliphatic carbocycles. The van der Waals surface area contributed by atoms with Crippen molar-refractivity contribution in [3.63, 3.8) is 0 Å². The minimum atomic E-state index is -1.15. The number of hydrogen-bond donors (Lipinski definition) is 2. The fraction of sp³-hybridized carbons (Fsp3) is 0.0526. The van der Waals surface area contributed by atoms with Gasteiger partial charge in [0.05, 0.1) is 0 Å². The van der Waals surface area contributed by atoms with Gasteiger partial charge in [0.15, 0.2) is 0 Å². The van der Waals surface area contributed by atoms with Gasteiger partial charge in [-0.25, -0.2) is 13.6 Å². The smallest absolute Gasteiger partial charge is 0.324 e. The zero-order valence-electron chi connectivity index (χ0n) is 13.8. The third-order valence-electron chi connectivity index (χ3n) is 3.75. The highest BCUT2D eigenvalue weighted by Crippen LogP contribution is 2.19. The van der Waals surface area contributed by atoms with Crippen LogP contribution in [0.2, 0.25) is 0 Å². The van der Waals surface area contributed by atoms with Crippen LogP contribution in [0.15, 0.2) is 60.9 Å². The van der Waals surface area contributed by atoms with Gasteiger partial charge in [0.1, 0.15) is 17.2 Å². The Morgan fingerprint density at radius 1 is 0.962 bits per heavy atom. The number of nitrogens with one attached hydrogen (secondary N) is 2. The molecule has 132 valence electrons. The summed E-state index contributed by atoms with van der Waals surface area (Å²) in [5.74, 6) is -3.23. The first-order chi connectivity index (χ1) is 12.5. The third kappa shape index (κ3) is 3.61. The van der Waals surface area contributed by atoms with E-state index in [0.717, 1.165) is 29.4 Å². The summed E-state index contributed by atoms with van der Waals surface area (Å²) >= 11 is 0. The van der Waals surface area contributed by atoms with Gasteiger partial charge in [-0.15, -0.1) is 0 Å². The molecule has 0 aliphatic heterocycles. The standard InChI is InChI=1S/C19H15F2N3O2/c1-12-11-13(7-8-16(12)24-9-2-3-10-24)22-19(26)23-18(25)17-14(20)5-4-6-15(17)21/h2-11H,1H3,(H2,22,23,25,26). The third-order valence-corrected chi connectivity index (χ3v) is 3.75. The molecule has 0 saturated carbocycles. The van der Waals surface area contributed by atoms with Crippen molar-refractivity contribution >= 4 is 17.6 Å². The van der Waals surface area contributed by atoms with Crippen molar-refractivity contribution in [3.05, 3.63) is 83.7 Å². The van der Waals surface area contributed by atoms with Crippen molar-refractivity contribution in [2.75, 3.05) is 5.32 Å². The predicted molar refractivity (Wildman–Crippen MR) is 93.3 cm³/mol. The summed E-state index contributed by atoms with van der Waals surface area (Å²) in [6.45, 7) is 1.87. The molecule has 1 aromatic heterocycles. The summed E-state index contributed by atoms with van der Waals surface area (Å²) in [5.41, 5.74) is 1.47. The number of carbonyl (C=O) groups excluding carboxylic acids is 2. The van der Waals surface area contributed by atoms with Crippen LogP contribution in [0.5, 0.6) is 0 Å². The molecule has 0 spiro atoms. The number of imide groups is 1. The van der Waals surface area contributed by atoms with Crippen molar-refractivity contribution in [3.8, 4) is 5.69 Å². The second-order valence-corrected chi connectivity index (χ2v) is 5.60. The van der Waals surface area contributed by atoms with Crippen molar-refractivity contribution < 1.29 is 18.4 Å². The molecule has 2 N–H and O–H groups in total. The van der Waals surface area contributed by atoms with E-state index in [4.69, 9.17) is 0 Å². The van der Waals surface area contributed by atoms with Gasteiger partial charge in [-0.1, -0.05) is 6.07 Å². The van der Waals surface area contributed by atoms with E-state index in [2.05, 4.69) is 5.32 Å². The fourth-order valence-corrected chi connectivity index (χ4v) is 2.56. The van der Waals surface area contributed by atoms with E-state index >= 15 is 0 Å². The highest BCUT2D eigenvalue weighted by atomic mass is 19.1. The molecule has 2 aromatic carbocycles. The minimum Gasteiger partial charge on any atom is -0.324 e. The number of aromatic nitrogens is 1. The van der Waals surface area contributed by atoms with Gasteiger partial charge in [-0.05, 0) is 55.0 Å². The Hall–Kier alpha value is -3.48. The number of benzene rings is 2. The first-order valence-corrected chi connectivity index (χ1v) is 7.76. The quantitative estimate of drug-likeness (QED) is 0.745. The van der Waals surface area contributed by atoms with Gasteiger partial charge < -0.3 is 9.88 Å². The molecule has 26 heavy (non-hydrogen) atoms. The van der Waals surface area contributed by atoms with Crippen molar-refractivity contribution in [2.24, 2.45) is 0 Å². The Kier molecular flexibility index (Phi) is 4.79. The highest BCUT2D eigenvalue weighted by Gasteiger charge is 2.19. The Morgan fingerprint density at radius 2 is 1.62 bits per heavy atom. The predicted octanol–water partition coefficient (Wildman–Crippen LogP) is 4.03. The number of nitrogens with zero attached hydrogens (tertiary/aromatic N) is 1. The van der Waals surface area contributed by atoms with Crippen LogP contribution in [0.1, 0.15) is 15.9 Å². The van der Waals surface area contributed by atoms with Gasteiger partial charge in [0, 0.05) is 23.8 Å². The van der Waals surface area contributed by atoms with Crippen LogP contribution < -0.4 is 10.6 Å². The second kappa shape index (κ2) is 7.18. The molecular formula is C19H15F2N3O2. The molecule has 0 saturated heterocycles. The largest absolute Gasteiger partial charge is 0.326 e. The van der Waals surface area contributed by atoms with E-state index in [9.17, 15) is 18.4 Å². The molecule has 0 bridgehead atoms. The Bertz CT molecular complexity index is 949. The monoisotopic (exact) mass is 355 g/mol. The van der Waals surface area contributed by atoms with E-state index in [0.29, 0.717) is 5.69 Å². The van der Waals surface area contributed by atoms with Gasteiger partial charge in [-0.3, -0.25) is 10.1 Å². The van der Waals surface area contributed by atoms with E-state index in [1.165, 1.54) is 0 Å². The van der Waals surface area contributed by atoms with Crippen LogP contribution in [0.25, 0.3) is 5.69 Å². The maximum Gasteiger partial charge on any atom is 0.326 e. The maximum atomic E-state index is 13.6. The Labute approximate surface area is 148 Å². The number of carbonyl (C=O) groups is 2. The van der Waals surface area contributed by atoms with E-state index in [-0.39, 0.29) is 0 Å². The summed E-state index contributed by atoms with van der Waals surface area (Å²) < 4.78 is 29.1. The lowest BCUT2D eigenvalue weighted by Crippen LogP contribution is -2.35. The number of amides is 3. The van der Waals surface area contributed by atoms with Gasteiger partial charge in [0.25, 0.3) is 5.91 Å². The minimum absolute atomic E-state index is 0.442. The van der Waals surface area contributed by atoms with E-state index in [1.54, 1.807) is 12.1 Å². The first-order valence-electron chi connectivity index (χ1n) is 7.76. The van der Waals surface area contributed by atoms with Crippen molar-refractivity contribution in [2.45, 2.75) is 6.92 Å². The summed E-state index contributed by atoms with van der Waals surface area (Å²) in [4.78, 5) is 23.9. The summed E-state index contributed by atoms with van der Waals surface area (Å²) in [6.07, 6.45) is 3.79. The average Bonchev–Trinajstić information content (AvgIpc) is 3.08. The number of hydrogen-bond acceptors (Lipinski definition) is 2. The number of anilines is 1. The van der Waals surface area contributed by atoms with Gasteiger partial charge in [-0.2, -0.15) is 0 Å². The summed E-state index contributed by atoms with van der Waals surface area (Å²) in [6, 6.07) is 11.1. The van der Waals surface area contributed by atoms with Crippen LogP contribution in [0.4, 0.5) is 19.3 Å². The number of urea groups is 1. The SMILES string of the molecule is Cc1cc(NC(=O)NC(=O)c2c(F)cccc2F)ccc1-n1cccc1. The number of rotatable bonds is 3. The van der Waals surface area contributed by atoms with Crippen LogP contribution in [0, 0.1) is 18.6 Å². The van der Waals surface area contributed by atoms with Crippen molar-refractivity contribution in [1.29, 1.82) is 0 Å². The summed E-state index contributed by atoms with van der Waals surface area (Å²) in [5, 5.41) is 4.38. The molecule has 3 amide bonds. The molecule has 0 fully saturated rings. The van der Waals surface area contributed by atoms with E-state index < -0.39 is 29.1 Å². The molecule has 7 heteroatoms. The molecule has 0 aliphatic rings.